The maximum atomic E-state index is 10.7. The van der Waals surface area contributed by atoms with Crippen LogP contribution >= 0.6 is 0 Å². The molecule has 0 atom stereocenters. The van der Waals surface area contributed by atoms with E-state index in [1.54, 1.807) is 6.08 Å². The number of allylic oxidation sites excluding steroid dienone is 1. The van der Waals surface area contributed by atoms with E-state index < -0.39 is 16.1 Å². The lowest BCUT2D eigenvalue weighted by molar-refractivity contribution is -0.134. The van der Waals surface area contributed by atoms with Crippen molar-refractivity contribution in [1.29, 1.82) is 0 Å². The van der Waals surface area contributed by atoms with Crippen molar-refractivity contribution < 1.29 is 14.3 Å². The number of ether oxygens (including phenoxy) is 1. The van der Waals surface area contributed by atoms with Gasteiger partial charge in [0.1, 0.15) is 22.4 Å². The summed E-state index contributed by atoms with van der Waals surface area (Å²) in [4.78, 5) is 20.6. The molecule has 150 valence electrons. The fraction of sp³-hybridized carbons (Fsp3) is 0.478. The maximum absolute atomic E-state index is 10.7. The van der Waals surface area contributed by atoms with Gasteiger partial charge >= 0.3 is 5.97 Å². The molecule has 5 heteroatoms. The van der Waals surface area contributed by atoms with Crippen LogP contribution in [0.3, 0.4) is 0 Å². The molecule has 3 nitrogen and oxygen atoms in total. The van der Waals surface area contributed by atoms with Crippen LogP contribution in [0.25, 0.3) is 0 Å². The van der Waals surface area contributed by atoms with Crippen molar-refractivity contribution >= 4 is 28.4 Å². The predicted molar refractivity (Wildman–Crippen MR) is 123 cm³/mol. The van der Waals surface area contributed by atoms with Crippen LogP contribution in [-0.2, 0) is 14.3 Å². The maximum Gasteiger partial charge on any atom is 0.330 e. The normalized spacial score (nSPS) is 9.54. The number of carbonyl (C=O) groups is 2. The molecule has 0 unspecified atom stereocenters. The standard InChI is InChI=1S/C13H18O2Si.C10H14OSi/c1-15-13(14)11-9-7-5-6-8-10-12-16(2,3)4;1-12(2,3)10-8-6-4-5-7-9-11/h9,11H,5,7H2,1-4H3;9H,5,7H2,1-3H3/b11-9+;. The molecule has 28 heavy (non-hydrogen) atoms. The predicted octanol–water partition coefficient (Wildman–Crippen LogP) is 4.23. The molecule has 0 aromatic carbocycles. The van der Waals surface area contributed by atoms with E-state index in [-0.39, 0.29) is 5.97 Å². The summed E-state index contributed by atoms with van der Waals surface area (Å²) in [5, 5.41) is 0. The first-order chi connectivity index (χ1) is 13.0. The van der Waals surface area contributed by atoms with Gasteiger partial charge in [0.15, 0.2) is 0 Å². The van der Waals surface area contributed by atoms with Gasteiger partial charge < -0.3 is 9.53 Å². The van der Waals surface area contributed by atoms with Gasteiger partial charge in [0.2, 0.25) is 0 Å². The second-order valence-corrected chi connectivity index (χ2v) is 17.3. The molecule has 0 saturated heterocycles. The van der Waals surface area contributed by atoms with Gasteiger partial charge in [-0.2, -0.15) is 0 Å². The van der Waals surface area contributed by atoms with Gasteiger partial charge in [0.25, 0.3) is 0 Å². The Kier molecular flexibility index (Phi) is 16.6. The summed E-state index contributed by atoms with van der Waals surface area (Å²) >= 11 is 0. The zero-order valence-electron chi connectivity index (χ0n) is 18.3. The quantitative estimate of drug-likeness (QED) is 0.169. The highest BCUT2D eigenvalue weighted by molar-refractivity contribution is 6.84. The highest BCUT2D eigenvalue weighted by Gasteiger charge is 2.07. The largest absolute Gasteiger partial charge is 0.466 e. The lowest BCUT2D eigenvalue weighted by atomic mass is 10.3. The second kappa shape index (κ2) is 16.7. The zero-order chi connectivity index (χ0) is 21.9. The first-order valence-electron chi connectivity index (χ1n) is 9.20. The number of unbranched alkanes of at least 4 members (excludes halogenated alkanes) is 2. The van der Waals surface area contributed by atoms with E-state index in [0.717, 1.165) is 12.7 Å². The molecule has 0 aliphatic carbocycles. The molecule has 0 N–H and O–H groups in total. The smallest absolute Gasteiger partial charge is 0.330 e. The fourth-order valence-electron chi connectivity index (χ4n) is 1.19. The lowest BCUT2D eigenvalue weighted by Gasteiger charge is -2.01. The number of hydrogen-bond acceptors (Lipinski definition) is 3. The third kappa shape index (κ3) is 28.4. The summed E-state index contributed by atoms with van der Waals surface area (Å²) in [6, 6.07) is 0. The van der Waals surface area contributed by atoms with Crippen molar-refractivity contribution in [3.05, 3.63) is 12.2 Å². The fourth-order valence-corrected chi connectivity index (χ4v) is 2.06. The molecule has 0 fully saturated rings. The number of aldehydes is 1. The Hall–Kier alpha value is -2.45. The van der Waals surface area contributed by atoms with E-state index in [9.17, 15) is 9.59 Å². The van der Waals surface area contributed by atoms with Crippen molar-refractivity contribution in [2.45, 2.75) is 65.0 Å². The summed E-state index contributed by atoms with van der Waals surface area (Å²) in [6.07, 6.45) is 6.65. The van der Waals surface area contributed by atoms with E-state index in [2.05, 4.69) is 90.6 Å². The van der Waals surface area contributed by atoms with E-state index in [1.165, 1.54) is 13.2 Å². The Balaban J connectivity index is 0. The Morgan fingerprint density at radius 1 is 0.821 bits per heavy atom. The molecule has 0 spiro atoms. The Bertz CT molecular complexity index is 751. The van der Waals surface area contributed by atoms with Crippen molar-refractivity contribution in [3.63, 3.8) is 0 Å². The molecule has 0 saturated carbocycles. The highest BCUT2D eigenvalue weighted by atomic mass is 28.3. The van der Waals surface area contributed by atoms with Crippen LogP contribution in [0.1, 0.15) is 25.7 Å². The molecule has 0 aliphatic heterocycles. The van der Waals surface area contributed by atoms with E-state index >= 15 is 0 Å². The number of methoxy groups -OCH3 is 1. The minimum absolute atomic E-state index is 0.327. The van der Waals surface area contributed by atoms with Gasteiger partial charge in [-0.05, 0) is 30.1 Å². The average Bonchev–Trinajstić information content (AvgIpc) is 2.58. The molecule has 0 aromatic rings. The summed E-state index contributed by atoms with van der Waals surface area (Å²) in [5.41, 5.74) is 6.29. The number of esters is 1. The van der Waals surface area contributed by atoms with Crippen LogP contribution in [-0.4, -0.2) is 35.5 Å². The zero-order valence-corrected chi connectivity index (χ0v) is 20.3. The van der Waals surface area contributed by atoms with E-state index in [1.807, 2.05) is 0 Å². The van der Waals surface area contributed by atoms with Crippen LogP contribution < -0.4 is 0 Å². The highest BCUT2D eigenvalue weighted by Crippen LogP contribution is 1.96. The Labute approximate surface area is 173 Å². The van der Waals surface area contributed by atoms with Gasteiger partial charge in [0.05, 0.1) is 7.11 Å². The molecule has 0 aromatic heterocycles. The molecule has 0 bridgehead atoms. The Morgan fingerprint density at radius 2 is 1.29 bits per heavy atom. The number of carbonyl (C=O) groups excluding carboxylic acids is 2. The van der Waals surface area contributed by atoms with Crippen molar-refractivity contribution in [3.8, 4) is 46.6 Å². The van der Waals surface area contributed by atoms with Crippen LogP contribution in [0.15, 0.2) is 12.2 Å². The molecule has 0 amide bonds. The molecule has 0 radical (unpaired) electrons. The number of hydrogen-bond donors (Lipinski definition) is 0. The number of rotatable bonds is 5. The van der Waals surface area contributed by atoms with Gasteiger partial charge in [-0.3, -0.25) is 0 Å². The molecule has 0 aliphatic rings. The summed E-state index contributed by atoms with van der Waals surface area (Å²) in [5.74, 6) is 16.7. The first kappa shape index (κ1) is 27.8. The summed E-state index contributed by atoms with van der Waals surface area (Å²) in [7, 11) is -1.19. The van der Waals surface area contributed by atoms with E-state index in [0.29, 0.717) is 19.3 Å². The Morgan fingerprint density at radius 3 is 1.68 bits per heavy atom. The van der Waals surface area contributed by atoms with Crippen molar-refractivity contribution in [2.24, 2.45) is 0 Å². The van der Waals surface area contributed by atoms with Gasteiger partial charge in [-0.15, -0.1) is 11.1 Å². The van der Waals surface area contributed by atoms with Gasteiger partial charge in [-0.1, -0.05) is 57.2 Å². The summed E-state index contributed by atoms with van der Waals surface area (Å²) < 4.78 is 4.45. The molecular formula is C23H32O3Si2. The molecular weight excluding hydrogens is 380 g/mol. The molecule has 0 heterocycles. The first-order valence-corrected chi connectivity index (χ1v) is 16.2. The van der Waals surface area contributed by atoms with Crippen LogP contribution in [0.5, 0.6) is 0 Å². The summed E-state index contributed by atoms with van der Waals surface area (Å²) in [6.45, 7) is 13.1. The van der Waals surface area contributed by atoms with Crippen molar-refractivity contribution in [1.82, 2.24) is 0 Å². The minimum atomic E-state index is -1.29. The average molecular weight is 413 g/mol. The van der Waals surface area contributed by atoms with Gasteiger partial charge in [-0.25, -0.2) is 4.79 Å². The lowest BCUT2D eigenvalue weighted by Crippen LogP contribution is -2.16. The SMILES string of the molecule is COC(=O)/C=C/CCC#CC#C[Si](C)(C)C.C[Si](C)(C)C#CC#CCCC=O. The van der Waals surface area contributed by atoms with Gasteiger partial charge in [0, 0.05) is 25.3 Å². The minimum Gasteiger partial charge on any atom is -0.466 e. The third-order valence-corrected chi connectivity index (χ3v) is 4.21. The van der Waals surface area contributed by atoms with Crippen molar-refractivity contribution in [2.75, 3.05) is 7.11 Å². The van der Waals surface area contributed by atoms with E-state index in [4.69, 9.17) is 0 Å². The third-order valence-electron chi connectivity index (χ3n) is 2.46. The van der Waals surface area contributed by atoms with Crippen LogP contribution in [0.2, 0.25) is 39.3 Å². The van der Waals surface area contributed by atoms with Crippen LogP contribution in [0, 0.1) is 46.6 Å². The molecule has 0 rings (SSSR count). The monoisotopic (exact) mass is 412 g/mol. The topological polar surface area (TPSA) is 43.4 Å². The van der Waals surface area contributed by atoms with Crippen LogP contribution in [0.4, 0.5) is 0 Å². The second-order valence-electron chi connectivity index (χ2n) is 7.77.